The molecule has 0 aliphatic carbocycles. The van der Waals surface area contributed by atoms with E-state index in [1.54, 1.807) is 0 Å². The molecule has 0 aliphatic heterocycles. The van der Waals surface area contributed by atoms with Crippen molar-refractivity contribution in [2.45, 2.75) is 33.6 Å². The van der Waals surface area contributed by atoms with E-state index < -0.39 is 0 Å². The van der Waals surface area contributed by atoms with Gasteiger partial charge in [-0.1, -0.05) is 44.4 Å². The molecule has 1 heteroatoms. The fourth-order valence-electron chi connectivity index (χ4n) is 0.566. The maximum Gasteiger partial charge on any atom is 0.0314 e. The molecule has 68 valence electrons. The third-order valence-corrected chi connectivity index (χ3v) is 1.58. The second-order valence-electron chi connectivity index (χ2n) is 2.91. The number of nitrogen functional groups attached to an aromatic ring is 1. The molecule has 0 radical (unpaired) electrons. The summed E-state index contributed by atoms with van der Waals surface area (Å²) in [5, 5.41) is 0. The Morgan fingerprint density at radius 1 is 1.00 bits per heavy atom. The van der Waals surface area contributed by atoms with Gasteiger partial charge in [-0.3, -0.25) is 0 Å². The molecule has 0 heterocycles. The first-order valence-electron chi connectivity index (χ1n) is 4.52. The van der Waals surface area contributed by atoms with Gasteiger partial charge in [0, 0.05) is 5.69 Å². The number of anilines is 1. The van der Waals surface area contributed by atoms with E-state index in [0.717, 1.165) is 5.69 Å². The Labute approximate surface area is 75.6 Å². The lowest BCUT2D eigenvalue weighted by molar-refractivity contribution is 0.886. The van der Waals surface area contributed by atoms with Crippen LogP contribution in [0.15, 0.2) is 24.3 Å². The maximum atomic E-state index is 5.43. The molecule has 0 bridgehead atoms. The van der Waals surface area contributed by atoms with Crippen LogP contribution in [-0.2, 0) is 0 Å². The van der Waals surface area contributed by atoms with Crippen molar-refractivity contribution in [1.29, 1.82) is 0 Å². The molecular formula is C11H19N. The first-order chi connectivity index (χ1) is 5.70. The van der Waals surface area contributed by atoms with Crippen LogP contribution in [0, 0.1) is 6.92 Å². The lowest BCUT2D eigenvalue weighted by atomic mass is 10.2. The average Bonchev–Trinajstić information content (AvgIpc) is 2.11. The fourth-order valence-corrected chi connectivity index (χ4v) is 0.566. The minimum atomic E-state index is 0.829. The van der Waals surface area contributed by atoms with Crippen LogP contribution in [0.25, 0.3) is 0 Å². The van der Waals surface area contributed by atoms with Gasteiger partial charge in [0.2, 0.25) is 0 Å². The Kier molecular flexibility index (Phi) is 6.16. The number of nitrogens with two attached hydrogens (primary N) is 1. The van der Waals surface area contributed by atoms with Gasteiger partial charge in [0.05, 0.1) is 0 Å². The Morgan fingerprint density at radius 3 is 1.67 bits per heavy atom. The smallest absolute Gasteiger partial charge is 0.0314 e. The van der Waals surface area contributed by atoms with Gasteiger partial charge in [-0.05, 0) is 19.1 Å². The highest BCUT2D eigenvalue weighted by atomic mass is 14.5. The lowest BCUT2D eigenvalue weighted by Gasteiger charge is -1.90. The zero-order valence-electron chi connectivity index (χ0n) is 8.30. The van der Waals surface area contributed by atoms with E-state index in [0.29, 0.717) is 0 Å². The van der Waals surface area contributed by atoms with Crippen LogP contribution in [-0.4, -0.2) is 0 Å². The molecule has 1 rings (SSSR count). The van der Waals surface area contributed by atoms with Crippen LogP contribution in [0.2, 0.25) is 0 Å². The number of benzene rings is 1. The summed E-state index contributed by atoms with van der Waals surface area (Å²) in [6.45, 7) is 6.40. The Bertz CT molecular complexity index is 166. The van der Waals surface area contributed by atoms with Gasteiger partial charge in [0.15, 0.2) is 0 Å². The van der Waals surface area contributed by atoms with Crippen molar-refractivity contribution in [3.05, 3.63) is 29.8 Å². The highest BCUT2D eigenvalue weighted by molar-refractivity contribution is 5.38. The number of hydrogen-bond donors (Lipinski definition) is 1. The molecule has 0 fully saturated rings. The molecule has 1 aromatic rings. The summed E-state index contributed by atoms with van der Waals surface area (Å²) in [6.07, 6.45) is 2.64. The molecule has 0 aliphatic rings. The second-order valence-corrected chi connectivity index (χ2v) is 2.91. The topological polar surface area (TPSA) is 26.0 Å². The highest BCUT2D eigenvalue weighted by Gasteiger charge is 1.80. The number of rotatable bonds is 1. The summed E-state index contributed by atoms with van der Waals surface area (Å²) < 4.78 is 0. The molecule has 2 N–H and O–H groups in total. The molecule has 0 saturated heterocycles. The molecule has 0 aromatic heterocycles. The van der Waals surface area contributed by atoms with Gasteiger partial charge in [-0.15, -0.1) is 0 Å². The number of unbranched alkanes of at least 4 members (excludes halogenated alkanes) is 1. The second kappa shape index (κ2) is 6.71. The van der Waals surface area contributed by atoms with E-state index in [4.69, 9.17) is 5.73 Å². The first-order valence-corrected chi connectivity index (χ1v) is 4.52. The summed E-state index contributed by atoms with van der Waals surface area (Å²) in [5.41, 5.74) is 7.51. The third-order valence-electron chi connectivity index (χ3n) is 1.58. The van der Waals surface area contributed by atoms with Crippen molar-refractivity contribution in [3.63, 3.8) is 0 Å². The molecule has 0 atom stereocenters. The van der Waals surface area contributed by atoms with Crippen LogP contribution < -0.4 is 5.73 Å². The predicted octanol–water partition coefficient (Wildman–Crippen LogP) is 3.38. The average molecular weight is 165 g/mol. The molecule has 0 amide bonds. The van der Waals surface area contributed by atoms with Crippen LogP contribution in [0.1, 0.15) is 32.3 Å². The Morgan fingerprint density at radius 2 is 1.42 bits per heavy atom. The van der Waals surface area contributed by atoms with Gasteiger partial charge in [-0.25, -0.2) is 0 Å². The number of hydrogen-bond acceptors (Lipinski definition) is 1. The van der Waals surface area contributed by atoms with Crippen LogP contribution >= 0.6 is 0 Å². The molecule has 1 aromatic carbocycles. The molecule has 0 unspecified atom stereocenters. The van der Waals surface area contributed by atoms with E-state index in [1.807, 2.05) is 31.2 Å². The van der Waals surface area contributed by atoms with Crippen LogP contribution in [0.3, 0.4) is 0 Å². The monoisotopic (exact) mass is 165 g/mol. The lowest BCUT2D eigenvalue weighted by Crippen LogP contribution is -1.81. The minimum absolute atomic E-state index is 0.829. The zero-order chi connectivity index (χ0) is 9.40. The van der Waals surface area contributed by atoms with E-state index in [9.17, 15) is 0 Å². The number of aryl methyl sites for hydroxylation is 1. The van der Waals surface area contributed by atoms with Crippen molar-refractivity contribution in [1.82, 2.24) is 0 Å². The van der Waals surface area contributed by atoms with E-state index >= 15 is 0 Å². The summed E-state index contributed by atoms with van der Waals surface area (Å²) in [7, 11) is 0. The Hall–Kier alpha value is -0.980. The van der Waals surface area contributed by atoms with Gasteiger partial charge in [-0.2, -0.15) is 0 Å². The molecule has 0 saturated carbocycles. The van der Waals surface area contributed by atoms with E-state index in [1.165, 1.54) is 18.4 Å². The van der Waals surface area contributed by atoms with E-state index in [2.05, 4.69) is 13.8 Å². The molecule has 12 heavy (non-hydrogen) atoms. The first kappa shape index (κ1) is 11.0. The normalized spacial score (nSPS) is 8.58. The summed E-state index contributed by atoms with van der Waals surface area (Å²) >= 11 is 0. The summed E-state index contributed by atoms with van der Waals surface area (Å²) in [4.78, 5) is 0. The van der Waals surface area contributed by atoms with Gasteiger partial charge in [0.25, 0.3) is 0 Å². The summed E-state index contributed by atoms with van der Waals surface area (Å²) in [5.74, 6) is 0. The highest BCUT2D eigenvalue weighted by Crippen LogP contribution is 2.02. The zero-order valence-corrected chi connectivity index (χ0v) is 8.30. The van der Waals surface area contributed by atoms with Crippen molar-refractivity contribution in [2.24, 2.45) is 0 Å². The molecular weight excluding hydrogens is 146 g/mol. The van der Waals surface area contributed by atoms with Crippen molar-refractivity contribution in [3.8, 4) is 0 Å². The third kappa shape index (κ3) is 5.78. The fraction of sp³-hybridized carbons (Fsp3) is 0.455. The predicted molar refractivity (Wildman–Crippen MR) is 56.2 cm³/mol. The van der Waals surface area contributed by atoms with Crippen molar-refractivity contribution in [2.75, 3.05) is 5.73 Å². The van der Waals surface area contributed by atoms with E-state index in [-0.39, 0.29) is 0 Å². The van der Waals surface area contributed by atoms with Gasteiger partial charge in [0.1, 0.15) is 0 Å². The van der Waals surface area contributed by atoms with Crippen LogP contribution in [0.5, 0.6) is 0 Å². The standard InChI is InChI=1S/C7H9N.C4H10/c1-6-2-4-7(8)5-3-6;1-3-4-2/h2-5H,8H2,1H3;3-4H2,1-2H3. The minimum Gasteiger partial charge on any atom is -0.399 e. The summed E-state index contributed by atoms with van der Waals surface area (Å²) in [6, 6.07) is 7.79. The SMILES string of the molecule is CCCC.Cc1ccc(N)cc1. The van der Waals surface area contributed by atoms with Gasteiger partial charge < -0.3 is 5.73 Å². The Balaban J connectivity index is 0.000000261. The maximum absolute atomic E-state index is 5.43. The quantitative estimate of drug-likeness (QED) is 0.634. The van der Waals surface area contributed by atoms with Gasteiger partial charge >= 0.3 is 0 Å². The molecule has 0 spiro atoms. The van der Waals surface area contributed by atoms with Crippen LogP contribution in [0.4, 0.5) is 5.69 Å². The molecule has 1 nitrogen and oxygen atoms in total. The van der Waals surface area contributed by atoms with Crippen molar-refractivity contribution < 1.29 is 0 Å². The largest absolute Gasteiger partial charge is 0.399 e. The van der Waals surface area contributed by atoms with Crippen molar-refractivity contribution >= 4 is 5.69 Å².